The quantitative estimate of drug-likeness (QED) is 0.913. The van der Waals surface area contributed by atoms with E-state index in [1.165, 1.54) is 0 Å². The molecule has 0 aliphatic heterocycles. The molecule has 0 aliphatic carbocycles. The molecule has 0 aliphatic rings. The number of oxazole rings is 1. The van der Waals surface area contributed by atoms with Gasteiger partial charge in [0.15, 0.2) is 11.5 Å². The molecular weight excluding hydrogens is 289 g/mol. The second kappa shape index (κ2) is 7.33. The molecule has 1 unspecified atom stereocenters. The smallest absolute Gasteiger partial charge is 0.225 e. The summed E-state index contributed by atoms with van der Waals surface area (Å²) in [7, 11) is 0. The third-order valence-corrected chi connectivity index (χ3v) is 2.29. The van der Waals surface area contributed by atoms with Gasteiger partial charge in [0.25, 0.3) is 0 Å². The number of anilines is 1. The maximum absolute atomic E-state index is 11.5. The highest BCUT2D eigenvalue weighted by molar-refractivity contribution is 5.93. The van der Waals surface area contributed by atoms with Crippen LogP contribution in [0.25, 0.3) is 11.1 Å². The first-order chi connectivity index (χ1) is 8.04. The molecule has 0 bridgehead atoms. The van der Waals surface area contributed by atoms with Crippen molar-refractivity contribution in [3.63, 3.8) is 0 Å². The fourth-order valence-corrected chi connectivity index (χ4v) is 1.62. The van der Waals surface area contributed by atoms with Crippen molar-refractivity contribution in [3.05, 3.63) is 24.1 Å². The minimum absolute atomic E-state index is 0. The van der Waals surface area contributed by atoms with Gasteiger partial charge in [-0.05, 0) is 25.1 Å². The lowest BCUT2D eigenvalue weighted by Gasteiger charge is -2.06. The summed E-state index contributed by atoms with van der Waals surface area (Å²) in [5, 5.41) is 2.77. The Kier molecular flexibility index (Phi) is 6.83. The molecule has 0 saturated heterocycles. The highest BCUT2D eigenvalue weighted by Crippen LogP contribution is 2.19. The molecule has 1 aromatic carbocycles. The normalized spacial score (nSPS) is 11.3. The molecule has 1 amide bonds. The van der Waals surface area contributed by atoms with E-state index in [-0.39, 0.29) is 36.8 Å². The fourth-order valence-electron chi connectivity index (χ4n) is 1.62. The van der Waals surface area contributed by atoms with Gasteiger partial charge in [-0.25, -0.2) is 4.98 Å². The van der Waals surface area contributed by atoms with Gasteiger partial charge in [-0.3, -0.25) is 4.79 Å². The van der Waals surface area contributed by atoms with Crippen LogP contribution in [0.5, 0.6) is 0 Å². The number of aryl methyl sites for hydroxylation is 1. The summed E-state index contributed by atoms with van der Waals surface area (Å²) in [4.78, 5) is 15.7. The summed E-state index contributed by atoms with van der Waals surface area (Å²) >= 11 is 0. The largest absolute Gasteiger partial charge is 0.441 e. The molecule has 0 fully saturated rings. The number of hydrogen-bond donors (Lipinski definition) is 2. The Labute approximate surface area is 123 Å². The Morgan fingerprint density at radius 3 is 2.79 bits per heavy atom. The number of rotatable bonds is 3. The van der Waals surface area contributed by atoms with Crippen LogP contribution in [-0.4, -0.2) is 16.9 Å². The van der Waals surface area contributed by atoms with Crippen molar-refractivity contribution < 1.29 is 9.21 Å². The molecule has 7 heteroatoms. The minimum Gasteiger partial charge on any atom is -0.441 e. The fraction of sp³-hybridized carbons (Fsp3) is 0.333. The zero-order valence-corrected chi connectivity index (χ0v) is 12.3. The van der Waals surface area contributed by atoms with Gasteiger partial charge in [-0.1, -0.05) is 0 Å². The number of amides is 1. The number of nitrogens with zero attached hydrogens (tertiary/aromatic N) is 1. The van der Waals surface area contributed by atoms with E-state index in [0.29, 0.717) is 23.6 Å². The molecule has 3 N–H and O–H groups in total. The first-order valence-electron chi connectivity index (χ1n) is 5.47. The van der Waals surface area contributed by atoms with Crippen LogP contribution in [0.4, 0.5) is 5.69 Å². The van der Waals surface area contributed by atoms with Gasteiger partial charge >= 0.3 is 0 Å². The van der Waals surface area contributed by atoms with Crippen LogP contribution >= 0.6 is 24.8 Å². The molecule has 1 atom stereocenters. The van der Waals surface area contributed by atoms with Gasteiger partial charge in [-0.15, -0.1) is 24.8 Å². The summed E-state index contributed by atoms with van der Waals surface area (Å²) in [6.45, 7) is 3.58. The van der Waals surface area contributed by atoms with E-state index in [9.17, 15) is 4.79 Å². The van der Waals surface area contributed by atoms with Gasteiger partial charge in [0.05, 0.1) is 0 Å². The predicted octanol–water partition coefficient (Wildman–Crippen LogP) is 2.66. The van der Waals surface area contributed by atoms with Crippen LogP contribution in [0.15, 0.2) is 22.6 Å². The number of halogens is 2. The van der Waals surface area contributed by atoms with Crippen molar-refractivity contribution in [2.75, 3.05) is 5.32 Å². The first-order valence-corrected chi connectivity index (χ1v) is 5.47. The average Bonchev–Trinajstić information content (AvgIpc) is 2.55. The highest BCUT2D eigenvalue weighted by Gasteiger charge is 2.07. The van der Waals surface area contributed by atoms with Gasteiger partial charge < -0.3 is 15.5 Å². The van der Waals surface area contributed by atoms with E-state index in [2.05, 4.69) is 10.3 Å². The van der Waals surface area contributed by atoms with Gasteiger partial charge in [0.1, 0.15) is 5.52 Å². The Hall–Kier alpha value is -1.30. The zero-order chi connectivity index (χ0) is 12.4. The van der Waals surface area contributed by atoms with Gasteiger partial charge in [0, 0.05) is 25.1 Å². The van der Waals surface area contributed by atoms with E-state index in [0.717, 1.165) is 5.52 Å². The van der Waals surface area contributed by atoms with Crippen molar-refractivity contribution in [2.24, 2.45) is 5.73 Å². The molecule has 0 radical (unpaired) electrons. The van der Waals surface area contributed by atoms with Crippen molar-refractivity contribution in [1.82, 2.24) is 4.98 Å². The Bertz CT molecular complexity index is 555. The maximum atomic E-state index is 11.5. The Morgan fingerprint density at radius 2 is 2.16 bits per heavy atom. The standard InChI is InChI=1S/C12H15N3O2.2ClH/c1-7(13)5-12(16)15-9-3-4-11-10(6-9)14-8(2)17-11;;/h3-4,6-7H,5,13H2,1-2H3,(H,15,16);2*1H. The number of aromatic nitrogens is 1. The molecule has 0 saturated carbocycles. The highest BCUT2D eigenvalue weighted by atomic mass is 35.5. The predicted molar refractivity (Wildman–Crippen MR) is 80.1 cm³/mol. The summed E-state index contributed by atoms with van der Waals surface area (Å²) in [5.74, 6) is 0.513. The third kappa shape index (κ3) is 4.70. The Balaban J connectivity index is 0.00000162. The van der Waals surface area contributed by atoms with Gasteiger partial charge in [0.2, 0.25) is 5.91 Å². The van der Waals surface area contributed by atoms with E-state index in [1.807, 2.05) is 0 Å². The topological polar surface area (TPSA) is 81.2 Å². The summed E-state index contributed by atoms with van der Waals surface area (Å²) < 4.78 is 5.35. The maximum Gasteiger partial charge on any atom is 0.225 e. The van der Waals surface area contributed by atoms with Crippen molar-refractivity contribution >= 4 is 47.5 Å². The van der Waals surface area contributed by atoms with E-state index in [4.69, 9.17) is 10.2 Å². The zero-order valence-electron chi connectivity index (χ0n) is 10.7. The lowest BCUT2D eigenvalue weighted by atomic mass is 10.2. The van der Waals surface area contributed by atoms with E-state index in [1.54, 1.807) is 32.0 Å². The van der Waals surface area contributed by atoms with E-state index < -0.39 is 0 Å². The summed E-state index contributed by atoms with van der Waals surface area (Å²) in [6, 6.07) is 5.21. The molecule has 0 spiro atoms. The average molecular weight is 306 g/mol. The molecule has 2 rings (SSSR count). The van der Waals surface area contributed by atoms with Crippen molar-refractivity contribution in [2.45, 2.75) is 26.3 Å². The van der Waals surface area contributed by atoms with Crippen LogP contribution in [0, 0.1) is 6.92 Å². The monoisotopic (exact) mass is 305 g/mol. The number of benzene rings is 1. The number of carbonyl (C=O) groups is 1. The third-order valence-electron chi connectivity index (χ3n) is 2.29. The minimum atomic E-state index is -0.145. The number of carbonyl (C=O) groups excluding carboxylic acids is 1. The van der Waals surface area contributed by atoms with Crippen molar-refractivity contribution in [1.29, 1.82) is 0 Å². The van der Waals surface area contributed by atoms with Crippen LogP contribution in [0.1, 0.15) is 19.2 Å². The molecule has 1 aromatic heterocycles. The lowest BCUT2D eigenvalue weighted by molar-refractivity contribution is -0.116. The first kappa shape index (κ1) is 17.7. The summed E-state index contributed by atoms with van der Waals surface area (Å²) in [5.41, 5.74) is 7.71. The SMILES string of the molecule is Cc1nc2cc(NC(=O)CC(C)N)ccc2o1.Cl.Cl. The van der Waals surface area contributed by atoms with Crippen molar-refractivity contribution in [3.8, 4) is 0 Å². The second-order valence-electron chi connectivity index (χ2n) is 4.14. The summed E-state index contributed by atoms with van der Waals surface area (Å²) in [6.07, 6.45) is 0.301. The number of nitrogens with one attached hydrogen (secondary N) is 1. The molecule has 19 heavy (non-hydrogen) atoms. The molecule has 2 aromatic rings. The van der Waals surface area contributed by atoms with E-state index >= 15 is 0 Å². The number of fused-ring (bicyclic) bond motifs is 1. The lowest BCUT2D eigenvalue weighted by Crippen LogP contribution is -2.23. The molecule has 5 nitrogen and oxygen atoms in total. The van der Waals surface area contributed by atoms with Crippen LogP contribution in [0.3, 0.4) is 0 Å². The second-order valence-corrected chi connectivity index (χ2v) is 4.14. The van der Waals surface area contributed by atoms with Crippen LogP contribution in [0.2, 0.25) is 0 Å². The van der Waals surface area contributed by atoms with Crippen LogP contribution < -0.4 is 11.1 Å². The number of hydrogen-bond acceptors (Lipinski definition) is 4. The van der Waals surface area contributed by atoms with Gasteiger partial charge in [-0.2, -0.15) is 0 Å². The molecule has 1 heterocycles. The molecule has 106 valence electrons. The van der Waals surface area contributed by atoms with Crippen LogP contribution in [-0.2, 0) is 4.79 Å². The number of nitrogens with two attached hydrogens (primary N) is 1. The Morgan fingerprint density at radius 1 is 1.47 bits per heavy atom. The molecular formula is C12H17Cl2N3O2.